The molecule has 0 radical (unpaired) electrons. The molecule has 1 unspecified atom stereocenters. The Kier molecular flexibility index (Phi) is 5.58. The molecule has 1 aromatic carbocycles. The van der Waals surface area contributed by atoms with E-state index in [2.05, 4.69) is 0 Å². The predicted molar refractivity (Wildman–Crippen MR) is 110 cm³/mol. The van der Waals surface area contributed by atoms with Crippen molar-refractivity contribution < 1.29 is 19.1 Å². The highest BCUT2D eigenvalue weighted by Gasteiger charge is 2.54. The third kappa shape index (κ3) is 4.76. The van der Waals surface area contributed by atoms with Crippen molar-refractivity contribution in [2.75, 3.05) is 0 Å². The van der Waals surface area contributed by atoms with Crippen LogP contribution >= 0.6 is 0 Å². The molecule has 4 fully saturated rings. The molecule has 2 aliphatic heterocycles. The van der Waals surface area contributed by atoms with Crippen LogP contribution in [0.25, 0.3) is 0 Å². The molecule has 5 nitrogen and oxygen atoms in total. The molecule has 2 heterocycles. The molecule has 1 amide bonds. The molecule has 2 saturated heterocycles. The molecule has 2 bridgehead atoms. The largest absolute Gasteiger partial charge is 0.459 e. The van der Waals surface area contributed by atoms with Crippen LogP contribution in [0.3, 0.4) is 0 Å². The van der Waals surface area contributed by atoms with E-state index in [-0.39, 0.29) is 30.6 Å². The molecule has 5 heteroatoms. The zero-order chi connectivity index (χ0) is 20.6. The number of benzene rings is 1. The molecular formula is C24H33NO4. The van der Waals surface area contributed by atoms with Crippen molar-refractivity contribution in [1.29, 1.82) is 0 Å². The number of hydrogen-bond donors (Lipinski definition) is 0. The van der Waals surface area contributed by atoms with Gasteiger partial charge in [-0.25, -0.2) is 9.59 Å². The maximum absolute atomic E-state index is 13.1. The average Bonchev–Trinajstić information content (AvgIpc) is 3.49. The van der Waals surface area contributed by atoms with Crippen molar-refractivity contribution >= 4 is 12.1 Å². The summed E-state index contributed by atoms with van der Waals surface area (Å²) in [6.45, 7) is 5.85. The van der Waals surface area contributed by atoms with E-state index in [1.54, 1.807) is 4.90 Å². The molecule has 0 N–H and O–H groups in total. The second-order valence-electron chi connectivity index (χ2n) is 10.0. The second-order valence-corrected chi connectivity index (χ2v) is 10.0. The van der Waals surface area contributed by atoms with Crippen LogP contribution in [0.2, 0.25) is 0 Å². The van der Waals surface area contributed by atoms with Gasteiger partial charge in [0, 0.05) is 6.04 Å². The van der Waals surface area contributed by atoms with Crippen molar-refractivity contribution in [2.24, 2.45) is 17.8 Å². The normalized spacial score (nSPS) is 28.9. The van der Waals surface area contributed by atoms with Gasteiger partial charge < -0.3 is 9.47 Å². The smallest absolute Gasteiger partial charge is 0.411 e. The Morgan fingerprint density at radius 1 is 1.07 bits per heavy atom. The molecule has 5 rings (SSSR count). The van der Waals surface area contributed by atoms with Gasteiger partial charge in [-0.1, -0.05) is 43.2 Å². The van der Waals surface area contributed by atoms with Crippen LogP contribution < -0.4 is 0 Å². The summed E-state index contributed by atoms with van der Waals surface area (Å²) in [5.74, 6) is 1.16. The maximum atomic E-state index is 13.1. The lowest BCUT2D eigenvalue weighted by atomic mass is 9.67. The zero-order valence-electron chi connectivity index (χ0n) is 17.8. The van der Waals surface area contributed by atoms with Gasteiger partial charge in [-0.2, -0.15) is 0 Å². The van der Waals surface area contributed by atoms with Crippen LogP contribution in [0, 0.1) is 17.8 Å². The number of esters is 1. The Morgan fingerprint density at radius 2 is 1.79 bits per heavy atom. The first-order valence-electron chi connectivity index (χ1n) is 11.0. The molecule has 2 saturated carbocycles. The Bertz CT molecular complexity index is 737. The number of nitrogens with zero attached hydrogens (tertiary/aromatic N) is 1. The van der Waals surface area contributed by atoms with Crippen LogP contribution in [0.1, 0.15) is 64.9 Å². The summed E-state index contributed by atoms with van der Waals surface area (Å²) >= 11 is 0. The summed E-state index contributed by atoms with van der Waals surface area (Å²) < 4.78 is 11.4. The lowest BCUT2D eigenvalue weighted by molar-refractivity contribution is -0.163. The van der Waals surface area contributed by atoms with Crippen molar-refractivity contribution in [3.05, 3.63) is 35.9 Å². The fourth-order valence-corrected chi connectivity index (χ4v) is 5.09. The number of carbonyl (C=O) groups excluding carboxylic acids is 2. The van der Waals surface area contributed by atoms with Crippen molar-refractivity contribution in [1.82, 2.24) is 4.90 Å². The quantitative estimate of drug-likeness (QED) is 0.659. The predicted octanol–water partition coefficient (Wildman–Crippen LogP) is 4.93. The summed E-state index contributed by atoms with van der Waals surface area (Å²) in [6.07, 6.45) is 6.39. The molecule has 4 atom stereocenters. The molecule has 0 spiro atoms. The van der Waals surface area contributed by atoms with Crippen LogP contribution in [0.15, 0.2) is 30.3 Å². The molecule has 2 aliphatic carbocycles. The monoisotopic (exact) mass is 399 g/mol. The Balaban J connectivity index is 1.51. The van der Waals surface area contributed by atoms with Crippen LogP contribution in [-0.4, -0.2) is 34.6 Å². The van der Waals surface area contributed by atoms with Crippen LogP contribution in [0.4, 0.5) is 4.79 Å². The van der Waals surface area contributed by atoms with E-state index in [1.807, 2.05) is 51.1 Å². The molecule has 4 aliphatic rings. The lowest BCUT2D eigenvalue weighted by Gasteiger charge is -2.53. The molecule has 0 aromatic heterocycles. The highest BCUT2D eigenvalue weighted by Crippen LogP contribution is 2.49. The Hall–Kier alpha value is -2.04. The van der Waals surface area contributed by atoms with E-state index in [0.717, 1.165) is 30.7 Å². The summed E-state index contributed by atoms with van der Waals surface area (Å²) in [5, 5.41) is 0. The van der Waals surface area contributed by atoms with Gasteiger partial charge in [-0.15, -0.1) is 0 Å². The maximum Gasteiger partial charge on any atom is 0.411 e. The minimum Gasteiger partial charge on any atom is -0.459 e. The van der Waals surface area contributed by atoms with E-state index in [0.29, 0.717) is 5.92 Å². The minimum absolute atomic E-state index is 0.0877. The number of ether oxygens (including phenoxy) is 2. The fraction of sp³-hybridized carbons (Fsp3) is 0.667. The SMILES string of the molecule is CC(C)(C)OC(=O)N1[C@H](C(=O)OCc2ccccc2)[C@@H]2CC[C@H]1C(CC1CC1)C2. The number of fused-ring (bicyclic) bond motifs is 3. The summed E-state index contributed by atoms with van der Waals surface area (Å²) in [4.78, 5) is 28.0. The first kappa shape index (κ1) is 20.2. The van der Waals surface area contributed by atoms with E-state index in [1.165, 1.54) is 19.3 Å². The van der Waals surface area contributed by atoms with Crippen molar-refractivity contribution in [3.8, 4) is 0 Å². The average molecular weight is 400 g/mol. The van der Waals surface area contributed by atoms with Gasteiger partial charge in [0.15, 0.2) is 0 Å². The third-order valence-electron chi connectivity index (χ3n) is 6.49. The van der Waals surface area contributed by atoms with E-state index < -0.39 is 11.6 Å². The van der Waals surface area contributed by atoms with Crippen LogP contribution in [0.5, 0.6) is 0 Å². The van der Waals surface area contributed by atoms with Gasteiger partial charge in [0.2, 0.25) is 0 Å². The standard InChI is InChI=1S/C24H33NO4/c1-24(2,3)29-23(27)25-20-12-11-18(14-19(20)13-16-9-10-16)21(25)22(26)28-15-17-7-5-4-6-8-17/h4-8,16,18-21H,9-15H2,1-3H3/t18-,19?,20+,21+/m1/s1. The fourth-order valence-electron chi connectivity index (χ4n) is 5.09. The van der Waals surface area contributed by atoms with E-state index in [4.69, 9.17) is 9.47 Å². The van der Waals surface area contributed by atoms with Gasteiger partial charge in [0.1, 0.15) is 18.2 Å². The molecule has 158 valence electrons. The van der Waals surface area contributed by atoms with Gasteiger partial charge in [-0.05, 0) is 69.8 Å². The topological polar surface area (TPSA) is 55.8 Å². The van der Waals surface area contributed by atoms with Crippen LogP contribution in [-0.2, 0) is 20.9 Å². The summed E-state index contributed by atoms with van der Waals surface area (Å²) in [6, 6.07) is 9.25. The number of rotatable bonds is 5. The van der Waals surface area contributed by atoms with E-state index >= 15 is 0 Å². The lowest BCUT2D eigenvalue weighted by Crippen LogP contribution is -2.64. The number of amides is 1. The zero-order valence-corrected chi connectivity index (χ0v) is 17.8. The summed E-state index contributed by atoms with van der Waals surface area (Å²) in [7, 11) is 0. The Labute approximate surface area is 173 Å². The number of hydrogen-bond acceptors (Lipinski definition) is 4. The van der Waals surface area contributed by atoms with Crippen molar-refractivity contribution in [3.63, 3.8) is 0 Å². The Morgan fingerprint density at radius 3 is 2.45 bits per heavy atom. The van der Waals surface area contributed by atoms with Gasteiger partial charge in [0.05, 0.1) is 0 Å². The first-order chi connectivity index (χ1) is 13.8. The summed E-state index contributed by atoms with van der Waals surface area (Å²) in [5.41, 5.74) is 0.371. The van der Waals surface area contributed by atoms with Gasteiger partial charge in [-0.3, -0.25) is 4.90 Å². The molecule has 29 heavy (non-hydrogen) atoms. The number of piperidine rings is 2. The highest BCUT2D eigenvalue weighted by molar-refractivity contribution is 5.83. The third-order valence-corrected chi connectivity index (χ3v) is 6.49. The molecule has 1 aromatic rings. The van der Waals surface area contributed by atoms with E-state index in [9.17, 15) is 9.59 Å². The minimum atomic E-state index is -0.585. The number of carbonyl (C=O) groups is 2. The highest BCUT2D eigenvalue weighted by atomic mass is 16.6. The van der Waals surface area contributed by atoms with Gasteiger partial charge in [0.25, 0.3) is 0 Å². The van der Waals surface area contributed by atoms with Gasteiger partial charge >= 0.3 is 12.1 Å². The first-order valence-corrected chi connectivity index (χ1v) is 11.0. The molecular weight excluding hydrogens is 366 g/mol. The second kappa shape index (κ2) is 8.00. The van der Waals surface area contributed by atoms with Crippen molar-refractivity contribution in [2.45, 2.75) is 83.6 Å².